The highest BCUT2D eigenvalue weighted by Gasteiger charge is 2.34. The van der Waals surface area contributed by atoms with Crippen LogP contribution in [0.25, 0.3) is 0 Å². The van der Waals surface area contributed by atoms with Crippen LogP contribution in [0, 0.1) is 21.3 Å². The first-order valence-electron chi connectivity index (χ1n) is 6.37. The monoisotopic (exact) mass is 283 g/mol. The number of anilines is 1. The molecule has 1 aliphatic heterocycles. The zero-order valence-electron chi connectivity index (χ0n) is 11.6. The number of methoxy groups -OCH3 is 1. The van der Waals surface area contributed by atoms with Crippen molar-refractivity contribution in [2.24, 2.45) is 11.1 Å². The molecule has 0 radical (unpaired) electrons. The Morgan fingerprint density at radius 1 is 1.60 bits per heavy atom. The fraction of sp³-hybridized carbons (Fsp3) is 0.538. The highest BCUT2D eigenvalue weighted by Crippen LogP contribution is 2.38. The molecular weight excluding hydrogens is 265 g/mol. The van der Waals surface area contributed by atoms with Crippen LogP contribution < -0.4 is 15.4 Å². The van der Waals surface area contributed by atoms with Gasteiger partial charge in [0, 0.05) is 19.2 Å². The van der Waals surface area contributed by atoms with Gasteiger partial charge in [-0.2, -0.15) is 0 Å². The number of nitro groups is 1. The van der Waals surface area contributed by atoms with E-state index in [1.165, 1.54) is 13.2 Å². The molecule has 0 saturated carbocycles. The number of hydrogen-bond acceptors (Lipinski definition) is 5. The van der Waals surface area contributed by atoms with E-state index in [1.807, 2.05) is 11.8 Å². The first-order valence-corrected chi connectivity index (χ1v) is 6.37. The number of nitrogens with zero attached hydrogens (tertiary/aromatic N) is 2. The van der Waals surface area contributed by atoms with Crippen molar-refractivity contribution in [2.45, 2.75) is 13.3 Å². The normalized spacial score (nSPS) is 22.1. The van der Waals surface area contributed by atoms with E-state index in [4.69, 9.17) is 10.5 Å². The molecule has 1 fully saturated rings. The molecular formula is C13H18FN3O3. The van der Waals surface area contributed by atoms with Gasteiger partial charge in [-0.25, -0.2) is 4.39 Å². The number of benzene rings is 1. The zero-order chi connectivity index (χ0) is 14.9. The summed E-state index contributed by atoms with van der Waals surface area (Å²) in [6.45, 7) is 3.87. The Morgan fingerprint density at radius 3 is 2.80 bits per heavy atom. The highest BCUT2D eigenvalue weighted by atomic mass is 19.1. The minimum atomic E-state index is -0.653. The summed E-state index contributed by atoms with van der Waals surface area (Å²) in [4.78, 5) is 12.0. The molecule has 0 aliphatic carbocycles. The van der Waals surface area contributed by atoms with Gasteiger partial charge >= 0.3 is 5.69 Å². The van der Waals surface area contributed by atoms with Crippen molar-refractivity contribution >= 4 is 11.4 Å². The molecule has 1 aliphatic rings. The van der Waals surface area contributed by atoms with Crippen molar-refractivity contribution in [3.8, 4) is 5.75 Å². The van der Waals surface area contributed by atoms with Gasteiger partial charge in [0.15, 0.2) is 11.6 Å². The first kappa shape index (κ1) is 14.5. The second-order valence-electron chi connectivity index (χ2n) is 5.42. The molecule has 6 nitrogen and oxygen atoms in total. The maximum Gasteiger partial charge on any atom is 0.313 e. The summed E-state index contributed by atoms with van der Waals surface area (Å²) < 4.78 is 19.1. The van der Waals surface area contributed by atoms with Crippen LogP contribution in [0.1, 0.15) is 13.3 Å². The Bertz CT molecular complexity index is 538. The van der Waals surface area contributed by atoms with E-state index < -0.39 is 10.7 Å². The highest BCUT2D eigenvalue weighted by molar-refractivity contribution is 5.61. The molecule has 110 valence electrons. The summed E-state index contributed by atoms with van der Waals surface area (Å²) in [6.07, 6.45) is 0.863. The van der Waals surface area contributed by atoms with Crippen LogP contribution >= 0.6 is 0 Å². The van der Waals surface area contributed by atoms with Gasteiger partial charge in [0.2, 0.25) is 0 Å². The van der Waals surface area contributed by atoms with Crippen LogP contribution in [0.4, 0.5) is 15.8 Å². The molecule has 7 heteroatoms. The van der Waals surface area contributed by atoms with Crippen LogP contribution in [-0.2, 0) is 0 Å². The molecule has 20 heavy (non-hydrogen) atoms. The molecule has 1 aromatic rings. The largest absolute Gasteiger partial charge is 0.490 e. The smallest absolute Gasteiger partial charge is 0.313 e. The van der Waals surface area contributed by atoms with Crippen LogP contribution in [0.2, 0.25) is 0 Å². The lowest BCUT2D eigenvalue weighted by Crippen LogP contribution is -2.31. The molecule has 1 heterocycles. The summed E-state index contributed by atoms with van der Waals surface area (Å²) in [5, 5.41) is 10.8. The van der Waals surface area contributed by atoms with Gasteiger partial charge in [-0.15, -0.1) is 0 Å². The van der Waals surface area contributed by atoms with Crippen molar-refractivity contribution in [1.82, 2.24) is 0 Å². The van der Waals surface area contributed by atoms with Gasteiger partial charge in [0.1, 0.15) is 0 Å². The van der Waals surface area contributed by atoms with Crippen molar-refractivity contribution in [3.63, 3.8) is 0 Å². The molecule has 0 spiro atoms. The number of nitro benzene ring substituents is 1. The molecule has 0 amide bonds. The van der Waals surface area contributed by atoms with E-state index in [9.17, 15) is 14.5 Å². The van der Waals surface area contributed by atoms with Crippen LogP contribution in [0.5, 0.6) is 5.75 Å². The standard InChI is InChI=1S/C13H18FN3O3/c1-13(7-15)3-4-16(8-13)10-6-12(20-2)11(17(18)19)5-9(10)14/h5-6H,3-4,7-8,15H2,1-2H3. The van der Waals surface area contributed by atoms with Gasteiger partial charge < -0.3 is 15.4 Å². The predicted molar refractivity (Wildman–Crippen MR) is 73.6 cm³/mol. The third-order valence-electron chi connectivity index (χ3n) is 3.84. The lowest BCUT2D eigenvalue weighted by molar-refractivity contribution is -0.385. The fourth-order valence-electron chi connectivity index (χ4n) is 2.48. The Kier molecular flexibility index (Phi) is 3.80. The Balaban J connectivity index is 2.36. The number of rotatable bonds is 4. The SMILES string of the molecule is COc1cc(N2CCC(C)(CN)C2)c(F)cc1[N+](=O)[O-]. The Morgan fingerprint density at radius 2 is 2.30 bits per heavy atom. The summed E-state index contributed by atoms with van der Waals surface area (Å²) in [5.74, 6) is -0.550. The van der Waals surface area contributed by atoms with E-state index in [1.54, 1.807) is 0 Å². The molecule has 1 saturated heterocycles. The number of ether oxygens (including phenoxy) is 1. The van der Waals surface area contributed by atoms with E-state index in [0.717, 1.165) is 12.5 Å². The van der Waals surface area contributed by atoms with Crippen molar-refractivity contribution < 1.29 is 14.1 Å². The van der Waals surface area contributed by atoms with Gasteiger partial charge in [-0.05, 0) is 18.4 Å². The topological polar surface area (TPSA) is 81.6 Å². The van der Waals surface area contributed by atoms with Crippen molar-refractivity contribution in [3.05, 3.63) is 28.1 Å². The second-order valence-corrected chi connectivity index (χ2v) is 5.42. The maximum absolute atomic E-state index is 14.1. The van der Waals surface area contributed by atoms with Gasteiger partial charge in [0.05, 0.1) is 23.8 Å². The minimum absolute atomic E-state index is 0.0541. The number of nitrogens with two attached hydrogens (primary N) is 1. The average Bonchev–Trinajstić information content (AvgIpc) is 2.81. The molecule has 0 bridgehead atoms. The van der Waals surface area contributed by atoms with Crippen molar-refractivity contribution in [2.75, 3.05) is 31.6 Å². The van der Waals surface area contributed by atoms with Crippen LogP contribution in [0.3, 0.4) is 0 Å². The fourth-order valence-corrected chi connectivity index (χ4v) is 2.48. The Hall–Kier alpha value is -1.89. The van der Waals surface area contributed by atoms with Gasteiger partial charge in [0.25, 0.3) is 0 Å². The average molecular weight is 283 g/mol. The lowest BCUT2D eigenvalue weighted by Gasteiger charge is -2.24. The van der Waals surface area contributed by atoms with E-state index in [2.05, 4.69) is 0 Å². The molecule has 1 atom stereocenters. The van der Waals surface area contributed by atoms with E-state index in [-0.39, 0.29) is 16.9 Å². The first-order chi connectivity index (χ1) is 9.40. The Labute approximate surface area is 116 Å². The molecule has 1 unspecified atom stereocenters. The maximum atomic E-state index is 14.1. The molecule has 2 rings (SSSR count). The number of hydrogen-bond donors (Lipinski definition) is 1. The van der Waals surface area contributed by atoms with Gasteiger partial charge in [-0.1, -0.05) is 6.92 Å². The van der Waals surface area contributed by atoms with Crippen molar-refractivity contribution in [1.29, 1.82) is 0 Å². The third kappa shape index (κ3) is 2.53. The van der Waals surface area contributed by atoms with E-state index >= 15 is 0 Å². The zero-order valence-corrected chi connectivity index (χ0v) is 11.6. The molecule has 1 aromatic carbocycles. The second kappa shape index (κ2) is 5.24. The summed E-state index contributed by atoms with van der Waals surface area (Å²) >= 11 is 0. The number of halogens is 1. The predicted octanol–water partition coefficient (Wildman–Crippen LogP) is 1.92. The molecule has 2 N–H and O–H groups in total. The lowest BCUT2D eigenvalue weighted by atomic mass is 9.90. The summed E-state index contributed by atoms with van der Waals surface area (Å²) in [5.41, 5.74) is 5.64. The summed E-state index contributed by atoms with van der Waals surface area (Å²) in [7, 11) is 1.33. The van der Waals surface area contributed by atoms with Gasteiger partial charge in [-0.3, -0.25) is 10.1 Å². The van der Waals surface area contributed by atoms with Crippen LogP contribution in [0.15, 0.2) is 12.1 Å². The third-order valence-corrected chi connectivity index (χ3v) is 3.84. The van der Waals surface area contributed by atoms with Crippen LogP contribution in [-0.4, -0.2) is 31.7 Å². The molecule has 0 aromatic heterocycles. The van der Waals surface area contributed by atoms with E-state index in [0.29, 0.717) is 25.3 Å². The minimum Gasteiger partial charge on any atom is -0.490 e. The quantitative estimate of drug-likeness (QED) is 0.674. The summed E-state index contributed by atoms with van der Waals surface area (Å²) in [6, 6.07) is 2.29.